The summed E-state index contributed by atoms with van der Waals surface area (Å²) in [6, 6.07) is 5.89. The van der Waals surface area contributed by atoms with Crippen molar-refractivity contribution in [3.8, 4) is 0 Å². The molecule has 0 aromatic heterocycles. The summed E-state index contributed by atoms with van der Waals surface area (Å²) >= 11 is 0. The van der Waals surface area contributed by atoms with Crippen LogP contribution in [0.3, 0.4) is 0 Å². The molecule has 0 aliphatic heterocycles. The molecule has 0 saturated heterocycles. The van der Waals surface area contributed by atoms with Gasteiger partial charge in [0.1, 0.15) is 0 Å². The van der Waals surface area contributed by atoms with E-state index in [1.54, 1.807) is 0 Å². The summed E-state index contributed by atoms with van der Waals surface area (Å²) in [6.07, 6.45) is 3.61. The van der Waals surface area contributed by atoms with Crippen LogP contribution in [0, 0.1) is 5.41 Å². The van der Waals surface area contributed by atoms with E-state index in [9.17, 15) is 4.79 Å². The van der Waals surface area contributed by atoms with Crippen LogP contribution in [0.4, 0.5) is 10.5 Å². The van der Waals surface area contributed by atoms with Gasteiger partial charge < -0.3 is 11.1 Å². The Morgan fingerprint density at radius 1 is 1.35 bits per heavy atom. The number of nitrogens with two attached hydrogens (primary N) is 1. The summed E-state index contributed by atoms with van der Waals surface area (Å²) in [5, 5.41) is 10.7. The molecule has 0 atom stereocenters. The maximum atomic E-state index is 12.4. The van der Waals surface area contributed by atoms with Gasteiger partial charge in [0.2, 0.25) is 5.96 Å². The second-order valence-electron chi connectivity index (χ2n) is 5.08. The molecule has 0 unspecified atom stereocenters. The minimum absolute atomic E-state index is 0.237. The van der Waals surface area contributed by atoms with Gasteiger partial charge in [0.05, 0.1) is 5.69 Å². The van der Waals surface area contributed by atoms with Crippen LogP contribution in [0.25, 0.3) is 0 Å². The lowest BCUT2D eigenvalue weighted by Gasteiger charge is -2.26. The predicted molar refractivity (Wildman–Crippen MR) is 81.1 cm³/mol. The number of nitrogens with zero attached hydrogens (tertiary/aromatic N) is 1. The monoisotopic (exact) mass is 274 g/mol. The topological polar surface area (TPSA) is 82.2 Å². The molecule has 5 heteroatoms. The maximum absolute atomic E-state index is 12.4. The molecule has 1 aliphatic rings. The molecule has 4 N–H and O–H groups in total. The molecule has 2 rings (SSSR count). The molecule has 0 spiro atoms. The number of rotatable bonds is 4. The molecule has 1 saturated carbocycles. The Labute approximate surface area is 119 Å². The van der Waals surface area contributed by atoms with E-state index < -0.39 is 0 Å². The number of amides is 2. The standard InChI is InChI=1S/C15H22N4O/c1-3-10-6-5-7-11(4-2)13(10)19(14(16)17)15(20)18-12-8-9-12/h5-7,12H,3-4,8-9H2,1-2H3,(H3,16,17)(H,18,20). The number of nitrogens with one attached hydrogen (secondary N) is 2. The average molecular weight is 274 g/mol. The van der Waals surface area contributed by atoms with E-state index in [2.05, 4.69) is 5.32 Å². The van der Waals surface area contributed by atoms with Gasteiger partial charge in [0, 0.05) is 6.04 Å². The number of aryl methyl sites for hydroxylation is 2. The van der Waals surface area contributed by atoms with Crippen molar-refractivity contribution < 1.29 is 4.79 Å². The third-order valence-corrected chi connectivity index (χ3v) is 3.54. The fraction of sp³-hybridized carbons (Fsp3) is 0.467. The predicted octanol–water partition coefficient (Wildman–Crippen LogP) is 2.38. The molecule has 1 aromatic rings. The Kier molecular flexibility index (Phi) is 4.27. The van der Waals surface area contributed by atoms with Gasteiger partial charge in [0.15, 0.2) is 0 Å². The number of para-hydroxylation sites is 1. The minimum atomic E-state index is -0.296. The molecule has 2 amide bonds. The smallest absolute Gasteiger partial charge is 0.329 e. The lowest BCUT2D eigenvalue weighted by Crippen LogP contribution is -2.48. The Hall–Kier alpha value is -2.04. The number of carbonyl (C=O) groups is 1. The van der Waals surface area contributed by atoms with Crippen molar-refractivity contribution in [1.29, 1.82) is 5.41 Å². The molecule has 1 fully saturated rings. The van der Waals surface area contributed by atoms with E-state index in [4.69, 9.17) is 11.1 Å². The van der Waals surface area contributed by atoms with Crippen LogP contribution < -0.4 is 16.0 Å². The van der Waals surface area contributed by atoms with Gasteiger partial charge in [-0.3, -0.25) is 5.41 Å². The van der Waals surface area contributed by atoms with E-state index in [0.717, 1.165) is 42.5 Å². The summed E-state index contributed by atoms with van der Waals surface area (Å²) in [7, 11) is 0. The highest BCUT2D eigenvalue weighted by Gasteiger charge is 2.29. The van der Waals surface area contributed by atoms with Crippen molar-refractivity contribution in [3.05, 3.63) is 29.3 Å². The van der Waals surface area contributed by atoms with Gasteiger partial charge in [0.25, 0.3) is 0 Å². The highest BCUT2D eigenvalue weighted by Crippen LogP contribution is 2.28. The first kappa shape index (κ1) is 14.4. The summed E-state index contributed by atoms with van der Waals surface area (Å²) in [6.45, 7) is 4.07. The molecule has 5 nitrogen and oxygen atoms in total. The number of benzene rings is 1. The van der Waals surface area contributed by atoms with Gasteiger partial charge in [-0.15, -0.1) is 0 Å². The number of carbonyl (C=O) groups excluding carboxylic acids is 1. The SMILES string of the molecule is CCc1cccc(CC)c1N(C(=N)N)C(=O)NC1CC1. The molecule has 20 heavy (non-hydrogen) atoms. The van der Waals surface area contributed by atoms with E-state index in [0.29, 0.717) is 0 Å². The summed E-state index contributed by atoms with van der Waals surface area (Å²) in [5.41, 5.74) is 8.49. The number of hydrogen-bond donors (Lipinski definition) is 3. The highest BCUT2D eigenvalue weighted by molar-refractivity contribution is 6.15. The number of hydrogen-bond acceptors (Lipinski definition) is 2. The summed E-state index contributed by atoms with van der Waals surface area (Å²) in [5.74, 6) is -0.237. The lowest BCUT2D eigenvalue weighted by atomic mass is 10.0. The number of urea groups is 1. The average Bonchev–Trinajstić information content (AvgIpc) is 3.22. The zero-order valence-electron chi connectivity index (χ0n) is 12.1. The Bertz CT molecular complexity index is 500. The highest BCUT2D eigenvalue weighted by atomic mass is 16.2. The third-order valence-electron chi connectivity index (χ3n) is 3.54. The van der Waals surface area contributed by atoms with Crippen LogP contribution in [-0.2, 0) is 12.8 Å². The summed E-state index contributed by atoms with van der Waals surface area (Å²) in [4.78, 5) is 13.7. The fourth-order valence-electron chi connectivity index (χ4n) is 2.30. The Morgan fingerprint density at radius 2 is 1.90 bits per heavy atom. The van der Waals surface area contributed by atoms with Crippen molar-refractivity contribution in [3.63, 3.8) is 0 Å². The normalized spacial score (nSPS) is 13.9. The first-order valence-electron chi connectivity index (χ1n) is 7.13. The lowest BCUT2D eigenvalue weighted by molar-refractivity contribution is 0.248. The van der Waals surface area contributed by atoms with Crippen LogP contribution in [-0.4, -0.2) is 18.0 Å². The van der Waals surface area contributed by atoms with E-state index in [-0.39, 0.29) is 18.0 Å². The molecule has 1 aromatic carbocycles. The van der Waals surface area contributed by atoms with Crippen molar-refractivity contribution in [1.82, 2.24) is 5.32 Å². The fourth-order valence-corrected chi connectivity index (χ4v) is 2.30. The minimum Gasteiger partial charge on any atom is -0.369 e. The van der Waals surface area contributed by atoms with E-state index in [1.807, 2.05) is 32.0 Å². The van der Waals surface area contributed by atoms with Crippen molar-refractivity contribution in [2.24, 2.45) is 5.73 Å². The second kappa shape index (κ2) is 5.94. The van der Waals surface area contributed by atoms with E-state index >= 15 is 0 Å². The Morgan fingerprint density at radius 3 is 2.30 bits per heavy atom. The quantitative estimate of drug-likeness (QED) is 0.582. The van der Waals surface area contributed by atoms with Crippen molar-refractivity contribution in [2.45, 2.75) is 45.6 Å². The van der Waals surface area contributed by atoms with Crippen molar-refractivity contribution >= 4 is 17.7 Å². The largest absolute Gasteiger partial charge is 0.369 e. The van der Waals surface area contributed by atoms with Gasteiger partial charge >= 0.3 is 6.03 Å². The third kappa shape index (κ3) is 2.92. The molecule has 0 heterocycles. The van der Waals surface area contributed by atoms with Crippen LogP contribution >= 0.6 is 0 Å². The molecular formula is C15H22N4O. The molecular weight excluding hydrogens is 252 g/mol. The van der Waals surface area contributed by atoms with Gasteiger partial charge in [-0.05, 0) is 36.8 Å². The molecule has 108 valence electrons. The van der Waals surface area contributed by atoms with Gasteiger partial charge in [-0.2, -0.15) is 0 Å². The van der Waals surface area contributed by atoms with Crippen LogP contribution in [0.1, 0.15) is 37.8 Å². The molecule has 0 bridgehead atoms. The first-order valence-corrected chi connectivity index (χ1v) is 7.13. The maximum Gasteiger partial charge on any atom is 0.329 e. The molecule has 0 radical (unpaired) electrons. The van der Waals surface area contributed by atoms with Crippen molar-refractivity contribution in [2.75, 3.05) is 4.90 Å². The second-order valence-corrected chi connectivity index (χ2v) is 5.08. The zero-order valence-corrected chi connectivity index (χ0v) is 12.1. The zero-order chi connectivity index (χ0) is 14.7. The van der Waals surface area contributed by atoms with Crippen LogP contribution in [0.15, 0.2) is 18.2 Å². The summed E-state index contributed by atoms with van der Waals surface area (Å²) < 4.78 is 0. The molecule has 1 aliphatic carbocycles. The van der Waals surface area contributed by atoms with Crippen LogP contribution in [0.2, 0.25) is 0 Å². The Balaban J connectivity index is 2.41. The first-order chi connectivity index (χ1) is 9.58. The van der Waals surface area contributed by atoms with Crippen LogP contribution in [0.5, 0.6) is 0 Å². The van der Waals surface area contributed by atoms with E-state index in [1.165, 1.54) is 4.90 Å². The van der Waals surface area contributed by atoms with Gasteiger partial charge in [-0.1, -0.05) is 32.0 Å². The van der Waals surface area contributed by atoms with Gasteiger partial charge in [-0.25, -0.2) is 9.69 Å². The number of anilines is 1. The number of guanidine groups is 1.